The molecule has 0 radical (unpaired) electrons. The van der Waals surface area contributed by atoms with Crippen LogP contribution in [0.1, 0.15) is 0 Å². The Bertz CT molecular complexity index is 750. The molecule has 0 saturated carbocycles. The summed E-state index contributed by atoms with van der Waals surface area (Å²) in [6.07, 6.45) is 3.62. The summed E-state index contributed by atoms with van der Waals surface area (Å²) in [4.78, 5) is 22.8. The van der Waals surface area contributed by atoms with Gasteiger partial charge in [-0.1, -0.05) is 0 Å². The standard InChI is InChI=1S/C20H30N8S/c1-21-19(27-15-13-26(14-16-27)18-4-2-17-29-18)24-7-8-25-9-11-28(12-10-25)20-22-5-3-6-23-20/h2-6,17H,7-16H2,1H3,(H,21,24). The van der Waals surface area contributed by atoms with Crippen molar-refractivity contribution in [3.8, 4) is 0 Å². The Kier molecular flexibility index (Phi) is 6.79. The molecule has 0 bridgehead atoms. The van der Waals surface area contributed by atoms with Gasteiger partial charge in [-0.2, -0.15) is 0 Å². The summed E-state index contributed by atoms with van der Waals surface area (Å²) in [5.41, 5.74) is 0. The molecule has 8 nitrogen and oxygen atoms in total. The molecule has 2 aliphatic rings. The summed E-state index contributed by atoms with van der Waals surface area (Å²) in [6.45, 7) is 10.1. The summed E-state index contributed by atoms with van der Waals surface area (Å²) >= 11 is 1.82. The molecule has 4 rings (SSSR count). The fourth-order valence-corrected chi connectivity index (χ4v) is 4.66. The van der Waals surface area contributed by atoms with Crippen molar-refractivity contribution in [2.24, 2.45) is 4.99 Å². The molecule has 156 valence electrons. The number of anilines is 2. The first-order valence-corrected chi connectivity index (χ1v) is 11.2. The van der Waals surface area contributed by atoms with Crippen LogP contribution in [0.2, 0.25) is 0 Å². The van der Waals surface area contributed by atoms with Gasteiger partial charge >= 0.3 is 0 Å². The molecule has 4 heterocycles. The molecule has 2 aromatic rings. The second kappa shape index (κ2) is 9.89. The van der Waals surface area contributed by atoms with Crippen LogP contribution in [0, 0.1) is 0 Å². The van der Waals surface area contributed by atoms with Gasteiger partial charge in [0.15, 0.2) is 5.96 Å². The third kappa shape index (κ3) is 5.16. The lowest BCUT2D eigenvalue weighted by molar-refractivity contribution is 0.258. The number of hydrogen-bond acceptors (Lipinski definition) is 7. The van der Waals surface area contributed by atoms with E-state index in [9.17, 15) is 0 Å². The first kappa shape index (κ1) is 19.9. The largest absolute Gasteiger partial charge is 0.360 e. The van der Waals surface area contributed by atoms with E-state index in [1.807, 2.05) is 36.8 Å². The van der Waals surface area contributed by atoms with E-state index in [2.05, 4.69) is 57.4 Å². The van der Waals surface area contributed by atoms with E-state index in [-0.39, 0.29) is 0 Å². The average Bonchev–Trinajstić information content (AvgIpc) is 3.33. The monoisotopic (exact) mass is 414 g/mol. The molecule has 29 heavy (non-hydrogen) atoms. The van der Waals surface area contributed by atoms with E-state index in [4.69, 9.17) is 0 Å². The van der Waals surface area contributed by atoms with Crippen LogP contribution in [0.15, 0.2) is 41.0 Å². The van der Waals surface area contributed by atoms with E-state index < -0.39 is 0 Å². The molecular weight excluding hydrogens is 384 g/mol. The van der Waals surface area contributed by atoms with Crippen molar-refractivity contribution in [3.05, 3.63) is 36.0 Å². The average molecular weight is 415 g/mol. The molecule has 1 N–H and O–H groups in total. The number of rotatable bonds is 5. The Hall–Kier alpha value is -2.39. The van der Waals surface area contributed by atoms with Crippen LogP contribution < -0.4 is 15.1 Å². The molecule has 2 fully saturated rings. The molecule has 0 spiro atoms. The zero-order chi connectivity index (χ0) is 19.9. The second-order valence-electron chi connectivity index (χ2n) is 7.28. The van der Waals surface area contributed by atoms with E-state index >= 15 is 0 Å². The molecule has 0 atom stereocenters. The van der Waals surface area contributed by atoms with E-state index in [1.54, 1.807) is 0 Å². The topological polar surface area (TPSA) is 63.1 Å². The van der Waals surface area contributed by atoms with Gasteiger partial charge in [-0.05, 0) is 23.6 Å². The normalized spacial score (nSPS) is 18.9. The number of hydrogen-bond donors (Lipinski definition) is 1. The van der Waals surface area contributed by atoms with Crippen LogP contribution >= 0.6 is 11.3 Å². The minimum atomic E-state index is 0.840. The van der Waals surface area contributed by atoms with Crippen molar-refractivity contribution in [3.63, 3.8) is 0 Å². The summed E-state index contributed by atoms with van der Waals surface area (Å²) in [5.74, 6) is 1.86. The third-order valence-electron chi connectivity index (χ3n) is 5.53. The van der Waals surface area contributed by atoms with Gasteiger partial charge in [0.05, 0.1) is 5.00 Å². The summed E-state index contributed by atoms with van der Waals surface area (Å²) in [7, 11) is 1.88. The molecule has 9 heteroatoms. The number of aliphatic imine (C=N–C) groups is 1. The Morgan fingerprint density at radius 2 is 1.72 bits per heavy atom. The maximum Gasteiger partial charge on any atom is 0.225 e. The zero-order valence-corrected chi connectivity index (χ0v) is 17.9. The number of thiophene rings is 1. The summed E-state index contributed by atoms with van der Waals surface area (Å²) in [5, 5.41) is 7.07. The summed E-state index contributed by atoms with van der Waals surface area (Å²) in [6, 6.07) is 6.19. The van der Waals surface area contributed by atoms with Crippen molar-refractivity contribution in [2.75, 3.05) is 82.3 Å². The zero-order valence-electron chi connectivity index (χ0n) is 17.1. The van der Waals surface area contributed by atoms with E-state index in [0.29, 0.717) is 0 Å². The van der Waals surface area contributed by atoms with Crippen molar-refractivity contribution in [1.29, 1.82) is 0 Å². The van der Waals surface area contributed by atoms with Crippen LogP contribution in [0.3, 0.4) is 0 Å². The minimum Gasteiger partial charge on any atom is -0.360 e. The first-order chi connectivity index (χ1) is 14.3. The Labute approximate surface area is 176 Å². The Balaban J connectivity index is 1.16. The highest BCUT2D eigenvalue weighted by molar-refractivity contribution is 7.14. The van der Waals surface area contributed by atoms with Crippen molar-refractivity contribution in [2.45, 2.75) is 0 Å². The van der Waals surface area contributed by atoms with Gasteiger partial charge in [0.25, 0.3) is 0 Å². The van der Waals surface area contributed by atoms with Crippen LogP contribution in [-0.4, -0.2) is 98.2 Å². The molecule has 0 aromatic carbocycles. The predicted octanol–water partition coefficient (Wildman–Crippen LogP) is 1.06. The quantitative estimate of drug-likeness (QED) is 0.580. The van der Waals surface area contributed by atoms with Gasteiger partial charge in [-0.25, -0.2) is 9.97 Å². The fraction of sp³-hybridized carbons (Fsp3) is 0.550. The molecule has 0 amide bonds. The molecular formula is C20H30N8S. The number of aromatic nitrogens is 2. The van der Waals surface area contributed by atoms with Crippen LogP contribution in [0.4, 0.5) is 10.9 Å². The first-order valence-electron chi connectivity index (χ1n) is 10.3. The predicted molar refractivity (Wildman–Crippen MR) is 120 cm³/mol. The van der Waals surface area contributed by atoms with Crippen LogP contribution in [0.25, 0.3) is 0 Å². The van der Waals surface area contributed by atoms with Gasteiger partial charge in [-0.15, -0.1) is 11.3 Å². The lowest BCUT2D eigenvalue weighted by atomic mass is 10.3. The van der Waals surface area contributed by atoms with Crippen LogP contribution in [0.5, 0.6) is 0 Å². The number of nitrogens with one attached hydrogen (secondary N) is 1. The van der Waals surface area contributed by atoms with Gasteiger partial charge in [0.1, 0.15) is 0 Å². The molecule has 2 aliphatic heterocycles. The van der Waals surface area contributed by atoms with E-state index in [0.717, 1.165) is 77.4 Å². The highest BCUT2D eigenvalue weighted by atomic mass is 32.1. The number of piperazine rings is 2. The van der Waals surface area contributed by atoms with Crippen molar-refractivity contribution in [1.82, 2.24) is 25.1 Å². The highest BCUT2D eigenvalue weighted by Crippen LogP contribution is 2.22. The fourth-order valence-electron chi connectivity index (χ4n) is 3.87. The lowest BCUT2D eigenvalue weighted by Crippen LogP contribution is -2.54. The highest BCUT2D eigenvalue weighted by Gasteiger charge is 2.21. The van der Waals surface area contributed by atoms with Gasteiger partial charge in [0.2, 0.25) is 5.95 Å². The third-order valence-corrected chi connectivity index (χ3v) is 6.46. The van der Waals surface area contributed by atoms with Crippen molar-refractivity contribution < 1.29 is 0 Å². The SMILES string of the molecule is CN=C(NCCN1CCN(c2ncccn2)CC1)N1CCN(c2cccs2)CC1. The molecule has 2 saturated heterocycles. The number of nitrogens with zero attached hydrogens (tertiary/aromatic N) is 7. The summed E-state index contributed by atoms with van der Waals surface area (Å²) < 4.78 is 0. The maximum atomic E-state index is 4.51. The van der Waals surface area contributed by atoms with Crippen molar-refractivity contribution >= 4 is 28.2 Å². The Morgan fingerprint density at radius 3 is 2.38 bits per heavy atom. The molecule has 2 aromatic heterocycles. The van der Waals surface area contributed by atoms with Gasteiger partial charge in [-0.3, -0.25) is 9.89 Å². The van der Waals surface area contributed by atoms with E-state index in [1.165, 1.54) is 5.00 Å². The smallest absolute Gasteiger partial charge is 0.225 e. The maximum absolute atomic E-state index is 4.51. The molecule has 0 aliphatic carbocycles. The van der Waals surface area contributed by atoms with Gasteiger partial charge in [0, 0.05) is 84.9 Å². The number of guanidine groups is 1. The minimum absolute atomic E-state index is 0.840. The lowest BCUT2D eigenvalue weighted by Gasteiger charge is -2.37. The van der Waals surface area contributed by atoms with Crippen LogP contribution in [-0.2, 0) is 0 Å². The molecule has 0 unspecified atom stereocenters. The van der Waals surface area contributed by atoms with Gasteiger partial charge < -0.3 is 20.0 Å². The second-order valence-corrected chi connectivity index (χ2v) is 8.20. The Morgan fingerprint density at radius 1 is 1.00 bits per heavy atom.